The van der Waals surface area contributed by atoms with Gasteiger partial charge in [0.1, 0.15) is 5.75 Å². The molecule has 0 radical (unpaired) electrons. The zero-order chi connectivity index (χ0) is 19.4. The van der Waals surface area contributed by atoms with E-state index in [4.69, 9.17) is 9.72 Å². The lowest BCUT2D eigenvalue weighted by Crippen LogP contribution is -2.41. The average Bonchev–Trinajstić information content (AvgIpc) is 2.67. The van der Waals surface area contributed by atoms with Crippen LogP contribution in [0.3, 0.4) is 0 Å². The third-order valence-electron chi connectivity index (χ3n) is 5.25. The second-order valence-electron chi connectivity index (χ2n) is 7.84. The third-order valence-corrected chi connectivity index (χ3v) is 5.25. The van der Waals surface area contributed by atoms with E-state index in [0.717, 1.165) is 49.5 Å². The van der Waals surface area contributed by atoms with E-state index >= 15 is 0 Å². The second-order valence-corrected chi connectivity index (χ2v) is 7.84. The summed E-state index contributed by atoms with van der Waals surface area (Å²) in [7, 11) is 1.69. The highest BCUT2D eigenvalue weighted by Crippen LogP contribution is 2.28. The van der Waals surface area contributed by atoms with E-state index in [1.807, 2.05) is 30.9 Å². The molecule has 0 unspecified atom stereocenters. The summed E-state index contributed by atoms with van der Waals surface area (Å²) >= 11 is 0. The molecule has 4 nitrogen and oxygen atoms in total. The lowest BCUT2D eigenvalue weighted by molar-refractivity contribution is -0.135. The number of hydrogen-bond donors (Lipinski definition) is 0. The number of methoxy groups -OCH3 is 1. The quantitative estimate of drug-likeness (QED) is 0.790. The molecule has 27 heavy (non-hydrogen) atoms. The molecule has 0 saturated carbocycles. The summed E-state index contributed by atoms with van der Waals surface area (Å²) in [5.74, 6) is 1.52. The van der Waals surface area contributed by atoms with E-state index in [1.54, 1.807) is 7.11 Å². The van der Waals surface area contributed by atoms with Crippen molar-refractivity contribution in [3.05, 3.63) is 58.9 Å². The smallest absolute Gasteiger partial charge is 0.225 e. The van der Waals surface area contributed by atoms with Crippen molar-refractivity contribution >= 4 is 5.91 Å². The fourth-order valence-corrected chi connectivity index (χ4v) is 3.84. The van der Waals surface area contributed by atoms with Crippen molar-refractivity contribution in [3.8, 4) is 5.75 Å². The van der Waals surface area contributed by atoms with Crippen molar-refractivity contribution < 1.29 is 9.53 Å². The summed E-state index contributed by atoms with van der Waals surface area (Å²) in [4.78, 5) is 19.2. The molecule has 1 aliphatic rings. The van der Waals surface area contributed by atoms with Crippen LogP contribution in [-0.4, -0.2) is 36.0 Å². The van der Waals surface area contributed by atoms with Gasteiger partial charge >= 0.3 is 0 Å². The van der Waals surface area contributed by atoms with Crippen LogP contribution in [0.1, 0.15) is 55.1 Å². The number of benzene rings is 1. The highest BCUT2D eigenvalue weighted by Gasteiger charge is 2.27. The molecule has 1 saturated heterocycles. The van der Waals surface area contributed by atoms with Gasteiger partial charge in [0.05, 0.1) is 7.11 Å². The van der Waals surface area contributed by atoms with Gasteiger partial charge in [-0.15, -0.1) is 0 Å². The van der Waals surface area contributed by atoms with Crippen LogP contribution in [0, 0.1) is 12.8 Å². The van der Waals surface area contributed by atoms with Crippen molar-refractivity contribution in [2.24, 2.45) is 5.92 Å². The van der Waals surface area contributed by atoms with Crippen molar-refractivity contribution in [1.82, 2.24) is 9.88 Å². The SMILES string of the molecule is COc1ccc(Cc2cc(C)nc([C@@H]3CCCN(C(=O)C(C)C)C3)c2)cc1. The average molecular weight is 367 g/mol. The molecule has 1 aromatic heterocycles. The van der Waals surface area contributed by atoms with Gasteiger partial charge in [-0.05, 0) is 61.6 Å². The Balaban J connectivity index is 1.77. The van der Waals surface area contributed by atoms with Crippen LogP contribution in [0.2, 0.25) is 0 Å². The molecule has 1 aliphatic heterocycles. The molecule has 0 bridgehead atoms. The predicted octanol–water partition coefficient (Wildman–Crippen LogP) is 4.35. The summed E-state index contributed by atoms with van der Waals surface area (Å²) in [5, 5.41) is 0. The molecule has 3 rings (SSSR count). The predicted molar refractivity (Wildman–Crippen MR) is 108 cm³/mol. The largest absolute Gasteiger partial charge is 0.497 e. The first-order valence-corrected chi connectivity index (χ1v) is 9.85. The number of likely N-dealkylation sites (tertiary alicyclic amines) is 1. The summed E-state index contributed by atoms with van der Waals surface area (Å²) in [6.45, 7) is 7.67. The van der Waals surface area contributed by atoms with Gasteiger partial charge in [0.15, 0.2) is 0 Å². The standard InChI is InChI=1S/C23H30N2O2/c1-16(2)23(26)25-11-5-6-20(15-25)22-14-19(12-17(3)24-22)13-18-7-9-21(27-4)10-8-18/h7-10,12,14,16,20H,5-6,11,13,15H2,1-4H3/t20-/m1/s1. The molecule has 0 spiro atoms. The maximum Gasteiger partial charge on any atom is 0.225 e. The van der Waals surface area contributed by atoms with E-state index in [2.05, 4.69) is 31.2 Å². The first-order valence-electron chi connectivity index (χ1n) is 9.85. The zero-order valence-electron chi connectivity index (χ0n) is 16.9. The third kappa shape index (κ3) is 4.88. The van der Waals surface area contributed by atoms with E-state index < -0.39 is 0 Å². The molecule has 1 amide bonds. The number of piperidine rings is 1. The van der Waals surface area contributed by atoms with E-state index in [-0.39, 0.29) is 11.8 Å². The topological polar surface area (TPSA) is 42.4 Å². The Morgan fingerprint density at radius 3 is 2.63 bits per heavy atom. The maximum atomic E-state index is 12.4. The van der Waals surface area contributed by atoms with Crippen LogP contribution in [0.5, 0.6) is 5.75 Å². The molecule has 0 N–H and O–H groups in total. The minimum atomic E-state index is 0.0554. The molecule has 4 heteroatoms. The Hall–Kier alpha value is -2.36. The summed E-state index contributed by atoms with van der Waals surface area (Å²) in [6, 6.07) is 12.6. The van der Waals surface area contributed by atoms with Crippen molar-refractivity contribution in [1.29, 1.82) is 0 Å². The molecule has 2 aromatic rings. The minimum Gasteiger partial charge on any atom is -0.497 e. The number of aryl methyl sites for hydroxylation is 1. The Morgan fingerprint density at radius 1 is 1.22 bits per heavy atom. The van der Waals surface area contributed by atoms with Gasteiger partial charge in [-0.1, -0.05) is 26.0 Å². The molecule has 1 aromatic carbocycles. The van der Waals surface area contributed by atoms with Crippen LogP contribution in [0.25, 0.3) is 0 Å². The van der Waals surface area contributed by atoms with Gasteiger partial charge in [-0.25, -0.2) is 0 Å². The van der Waals surface area contributed by atoms with Crippen LogP contribution in [-0.2, 0) is 11.2 Å². The summed E-state index contributed by atoms with van der Waals surface area (Å²) in [5.41, 5.74) is 4.70. The lowest BCUT2D eigenvalue weighted by atomic mass is 9.91. The van der Waals surface area contributed by atoms with Gasteiger partial charge < -0.3 is 9.64 Å². The number of ether oxygens (including phenoxy) is 1. The van der Waals surface area contributed by atoms with Gasteiger partial charge in [0.2, 0.25) is 5.91 Å². The van der Waals surface area contributed by atoms with Gasteiger partial charge in [0.25, 0.3) is 0 Å². The summed E-state index contributed by atoms with van der Waals surface area (Å²) < 4.78 is 5.24. The van der Waals surface area contributed by atoms with Crippen molar-refractivity contribution in [2.75, 3.05) is 20.2 Å². The monoisotopic (exact) mass is 366 g/mol. The second kappa shape index (κ2) is 8.55. The number of aromatic nitrogens is 1. The van der Waals surface area contributed by atoms with E-state index in [1.165, 1.54) is 11.1 Å². The van der Waals surface area contributed by atoms with Crippen LogP contribution in [0.15, 0.2) is 36.4 Å². The fraction of sp³-hybridized carbons (Fsp3) is 0.478. The van der Waals surface area contributed by atoms with Gasteiger partial charge in [-0.3, -0.25) is 9.78 Å². The van der Waals surface area contributed by atoms with Crippen LogP contribution < -0.4 is 4.74 Å². The van der Waals surface area contributed by atoms with Crippen molar-refractivity contribution in [3.63, 3.8) is 0 Å². The molecule has 2 heterocycles. The number of amides is 1. The van der Waals surface area contributed by atoms with E-state index in [9.17, 15) is 4.79 Å². The molecular formula is C23H30N2O2. The maximum absolute atomic E-state index is 12.4. The number of nitrogens with zero attached hydrogens (tertiary/aromatic N) is 2. The van der Waals surface area contributed by atoms with Gasteiger partial charge in [-0.2, -0.15) is 0 Å². The number of carbonyl (C=O) groups excluding carboxylic acids is 1. The molecule has 144 valence electrons. The van der Waals surface area contributed by atoms with Gasteiger partial charge in [0, 0.05) is 36.3 Å². The molecule has 0 aliphatic carbocycles. The number of pyridine rings is 1. The fourth-order valence-electron chi connectivity index (χ4n) is 3.84. The van der Waals surface area contributed by atoms with Crippen LogP contribution in [0.4, 0.5) is 0 Å². The first kappa shape index (κ1) is 19.4. The zero-order valence-corrected chi connectivity index (χ0v) is 16.9. The first-order chi connectivity index (χ1) is 13.0. The Morgan fingerprint density at radius 2 is 1.96 bits per heavy atom. The number of hydrogen-bond acceptors (Lipinski definition) is 3. The normalized spacial score (nSPS) is 17.2. The minimum absolute atomic E-state index is 0.0554. The molecule has 1 fully saturated rings. The Bertz CT molecular complexity index is 783. The van der Waals surface area contributed by atoms with Crippen molar-refractivity contribution in [2.45, 2.75) is 46.0 Å². The number of carbonyl (C=O) groups is 1. The molecule has 1 atom stereocenters. The highest BCUT2D eigenvalue weighted by atomic mass is 16.5. The lowest BCUT2D eigenvalue weighted by Gasteiger charge is -2.34. The Labute approximate surface area is 162 Å². The number of rotatable bonds is 5. The van der Waals surface area contributed by atoms with Crippen LogP contribution >= 0.6 is 0 Å². The molecular weight excluding hydrogens is 336 g/mol. The van der Waals surface area contributed by atoms with E-state index in [0.29, 0.717) is 5.92 Å². The highest BCUT2D eigenvalue weighted by molar-refractivity contribution is 5.78. The Kier molecular flexibility index (Phi) is 6.15. The summed E-state index contributed by atoms with van der Waals surface area (Å²) in [6.07, 6.45) is 3.02.